The standard InChI is InChI=1S/C27H33N5O3.C20H26N4O4.C7H9N/c1-27(2,3)35-26(34)31-22-13-11-21(12-14-22)30-25-29-17-20-10-9-19(15-23(20)32-25)24(33)28-16-18-7-5-4-6-8-18;1-20(2,3)28-19(27)23-15-8-6-14(7-9-15)22-18-21-11-13-5-4-12(17(25)26)10-16(13)24-18;8-6-7-4-2-1-3-5-7/h4-10,15,17,21-22H,11-14,16H2,1-3H3,(H,28,33)(H,31,34)(H,29,30,32);4-5,10-11,14-15H,6-9H2,1-3H3,(H,23,27)(H,25,26)(H,21,22,24);1-5H,6,8H2. The highest BCUT2D eigenvalue weighted by atomic mass is 16.6. The van der Waals surface area contributed by atoms with E-state index in [0.717, 1.165) is 73.2 Å². The largest absolute Gasteiger partial charge is 0.478 e. The number of hydrogen-bond acceptors (Lipinski definition) is 13. The van der Waals surface area contributed by atoms with Gasteiger partial charge >= 0.3 is 18.2 Å². The number of hydrogen-bond donors (Lipinski definition) is 7. The Morgan fingerprint density at radius 2 is 0.986 bits per heavy atom. The number of alkyl carbamates (subject to hydrolysis) is 2. The maximum Gasteiger partial charge on any atom is 0.407 e. The van der Waals surface area contributed by atoms with Crippen molar-refractivity contribution in [2.24, 2.45) is 5.73 Å². The van der Waals surface area contributed by atoms with Crippen molar-refractivity contribution in [3.8, 4) is 0 Å². The van der Waals surface area contributed by atoms with Crippen LogP contribution >= 0.6 is 0 Å². The highest BCUT2D eigenvalue weighted by molar-refractivity contribution is 5.97. The number of ether oxygens (including phenoxy) is 2. The van der Waals surface area contributed by atoms with Gasteiger partial charge in [0.05, 0.1) is 16.6 Å². The second-order valence-electron chi connectivity index (χ2n) is 19.8. The number of nitrogens with two attached hydrogens (primary N) is 1. The first kappa shape index (κ1) is 53.0. The van der Waals surface area contributed by atoms with Crippen molar-refractivity contribution in [2.75, 3.05) is 10.6 Å². The number of anilines is 2. The average molecular weight is 969 g/mol. The van der Waals surface area contributed by atoms with Crippen molar-refractivity contribution >= 4 is 57.8 Å². The van der Waals surface area contributed by atoms with Gasteiger partial charge in [-0.05, 0) is 128 Å². The molecule has 2 aliphatic carbocycles. The molecule has 376 valence electrons. The summed E-state index contributed by atoms with van der Waals surface area (Å²) in [4.78, 5) is 65.5. The number of amides is 3. The number of carboxylic acid groups (broad SMARTS) is 1. The summed E-state index contributed by atoms with van der Waals surface area (Å²) in [5.74, 6) is -0.0907. The second kappa shape index (κ2) is 24.9. The van der Waals surface area contributed by atoms with Crippen LogP contribution in [0.25, 0.3) is 21.8 Å². The van der Waals surface area contributed by atoms with E-state index in [0.29, 0.717) is 36.1 Å². The minimum atomic E-state index is -0.981. The lowest BCUT2D eigenvalue weighted by molar-refractivity contribution is 0.0480. The summed E-state index contributed by atoms with van der Waals surface area (Å²) in [5.41, 5.74) is 8.66. The molecule has 0 bridgehead atoms. The predicted octanol–water partition coefficient (Wildman–Crippen LogP) is 9.53. The van der Waals surface area contributed by atoms with Gasteiger partial charge in [-0.2, -0.15) is 0 Å². The van der Waals surface area contributed by atoms with Crippen LogP contribution in [0.5, 0.6) is 0 Å². The molecule has 6 aromatic rings. The van der Waals surface area contributed by atoms with Gasteiger partial charge in [-0.3, -0.25) is 4.79 Å². The molecule has 3 amide bonds. The van der Waals surface area contributed by atoms with Crippen LogP contribution in [0, 0.1) is 0 Å². The number of carbonyl (C=O) groups is 4. The first-order valence-corrected chi connectivity index (χ1v) is 24.2. The number of nitrogens with one attached hydrogen (secondary N) is 5. The van der Waals surface area contributed by atoms with Crippen LogP contribution in [0.15, 0.2) is 109 Å². The molecular weight excluding hydrogens is 901 g/mol. The smallest absolute Gasteiger partial charge is 0.407 e. The van der Waals surface area contributed by atoms with Crippen LogP contribution in [0.3, 0.4) is 0 Å². The van der Waals surface area contributed by atoms with Crippen molar-refractivity contribution in [1.82, 2.24) is 35.9 Å². The maximum absolute atomic E-state index is 12.6. The molecule has 2 aliphatic rings. The molecule has 0 atom stereocenters. The summed E-state index contributed by atoms with van der Waals surface area (Å²) in [6, 6.07) is 30.7. The molecule has 8 N–H and O–H groups in total. The number of aromatic nitrogens is 4. The number of carbonyl (C=O) groups excluding carboxylic acids is 3. The predicted molar refractivity (Wildman–Crippen MR) is 276 cm³/mol. The number of rotatable bonds is 11. The molecule has 2 heterocycles. The van der Waals surface area contributed by atoms with Gasteiger partial charge < -0.3 is 46.9 Å². The molecule has 0 spiro atoms. The molecule has 4 aromatic carbocycles. The molecule has 71 heavy (non-hydrogen) atoms. The van der Waals surface area contributed by atoms with Gasteiger partial charge in [-0.15, -0.1) is 0 Å². The third-order valence-corrected chi connectivity index (χ3v) is 11.6. The van der Waals surface area contributed by atoms with E-state index in [1.165, 1.54) is 5.56 Å². The molecule has 17 nitrogen and oxygen atoms in total. The number of fused-ring (bicyclic) bond motifs is 2. The average Bonchev–Trinajstić information content (AvgIpc) is 3.34. The zero-order valence-electron chi connectivity index (χ0n) is 41.5. The van der Waals surface area contributed by atoms with E-state index in [4.69, 9.17) is 20.3 Å². The third kappa shape index (κ3) is 17.8. The highest BCUT2D eigenvalue weighted by Gasteiger charge is 2.27. The quantitative estimate of drug-likeness (QED) is 0.0639. The van der Waals surface area contributed by atoms with Crippen molar-refractivity contribution in [2.45, 2.75) is 141 Å². The van der Waals surface area contributed by atoms with E-state index in [1.807, 2.05) is 108 Å². The Hall–Kier alpha value is -7.40. The van der Waals surface area contributed by atoms with E-state index in [1.54, 1.807) is 42.7 Å². The summed E-state index contributed by atoms with van der Waals surface area (Å²) in [5, 5.41) is 26.4. The molecule has 0 unspecified atom stereocenters. The van der Waals surface area contributed by atoms with Gasteiger partial charge in [0.25, 0.3) is 5.91 Å². The highest BCUT2D eigenvalue weighted by Crippen LogP contribution is 2.25. The zero-order valence-corrected chi connectivity index (χ0v) is 41.5. The van der Waals surface area contributed by atoms with Crippen LogP contribution in [-0.2, 0) is 22.6 Å². The fourth-order valence-electron chi connectivity index (χ4n) is 8.03. The normalized spacial score (nSPS) is 17.7. The molecule has 8 rings (SSSR count). The lowest BCUT2D eigenvalue weighted by atomic mass is 9.91. The van der Waals surface area contributed by atoms with E-state index in [-0.39, 0.29) is 47.8 Å². The van der Waals surface area contributed by atoms with Crippen LogP contribution in [0.2, 0.25) is 0 Å². The zero-order chi connectivity index (χ0) is 51.0. The van der Waals surface area contributed by atoms with Crippen LogP contribution in [0.1, 0.15) is 125 Å². The summed E-state index contributed by atoms with van der Waals surface area (Å²) >= 11 is 0. The Labute approximate surface area is 415 Å². The Kier molecular flexibility index (Phi) is 18.6. The van der Waals surface area contributed by atoms with Crippen molar-refractivity contribution < 1.29 is 33.8 Å². The summed E-state index contributed by atoms with van der Waals surface area (Å²) < 4.78 is 10.7. The molecule has 2 fully saturated rings. The SMILES string of the molecule is CC(C)(C)OC(=O)NC1CCC(Nc2ncc3ccc(C(=O)NCc4ccccc4)cc3n2)CC1.CC(C)(C)OC(=O)NC1CCC(Nc2ncc3ccc(C(=O)O)cc3n2)CC1.NCc1ccccc1. The fraction of sp³-hybridized carbons (Fsp3) is 0.407. The van der Waals surface area contributed by atoms with Gasteiger partial charge in [0, 0.05) is 66.0 Å². The van der Waals surface area contributed by atoms with Crippen molar-refractivity contribution in [1.29, 1.82) is 0 Å². The van der Waals surface area contributed by atoms with Gasteiger partial charge in [-0.1, -0.05) is 72.8 Å². The topological polar surface area (TPSA) is 245 Å². The minimum Gasteiger partial charge on any atom is -0.478 e. The first-order chi connectivity index (χ1) is 33.9. The minimum absolute atomic E-state index is 0.101. The number of aromatic carboxylic acids is 1. The van der Waals surface area contributed by atoms with Crippen LogP contribution < -0.4 is 32.3 Å². The Morgan fingerprint density at radius 1 is 0.577 bits per heavy atom. The lowest BCUT2D eigenvalue weighted by Crippen LogP contribution is -2.42. The Balaban J connectivity index is 0.000000204. The first-order valence-electron chi connectivity index (χ1n) is 24.2. The lowest BCUT2D eigenvalue weighted by Gasteiger charge is -2.30. The van der Waals surface area contributed by atoms with E-state index in [2.05, 4.69) is 46.5 Å². The summed E-state index contributed by atoms with van der Waals surface area (Å²) in [6.45, 7) is 12.2. The van der Waals surface area contributed by atoms with Crippen LogP contribution in [0.4, 0.5) is 21.5 Å². The summed E-state index contributed by atoms with van der Waals surface area (Å²) in [6.07, 6.45) is 9.64. The fourth-order valence-corrected chi connectivity index (χ4v) is 8.03. The van der Waals surface area contributed by atoms with Gasteiger partial charge in [0.15, 0.2) is 0 Å². The molecule has 0 aliphatic heterocycles. The molecule has 0 saturated heterocycles. The Morgan fingerprint density at radius 3 is 1.39 bits per heavy atom. The van der Waals surface area contributed by atoms with Gasteiger partial charge in [-0.25, -0.2) is 34.3 Å². The maximum atomic E-state index is 12.6. The number of carboxylic acids is 1. The van der Waals surface area contributed by atoms with Gasteiger partial charge in [0.2, 0.25) is 11.9 Å². The van der Waals surface area contributed by atoms with Gasteiger partial charge in [0.1, 0.15) is 11.2 Å². The second-order valence-corrected chi connectivity index (χ2v) is 19.8. The Bertz CT molecular complexity index is 2700. The van der Waals surface area contributed by atoms with Crippen molar-refractivity contribution in [3.63, 3.8) is 0 Å². The molecule has 17 heteroatoms. The molecule has 2 aromatic heterocycles. The van der Waals surface area contributed by atoms with Crippen LogP contribution in [-0.4, -0.2) is 84.5 Å². The number of nitrogens with zero attached hydrogens (tertiary/aromatic N) is 4. The van der Waals surface area contributed by atoms with E-state index >= 15 is 0 Å². The monoisotopic (exact) mass is 969 g/mol. The molecule has 2 saturated carbocycles. The molecule has 0 radical (unpaired) electrons. The van der Waals surface area contributed by atoms with E-state index < -0.39 is 17.2 Å². The van der Waals surface area contributed by atoms with E-state index in [9.17, 15) is 19.2 Å². The number of benzene rings is 4. The third-order valence-electron chi connectivity index (χ3n) is 11.6. The van der Waals surface area contributed by atoms with Crippen molar-refractivity contribution in [3.05, 3.63) is 132 Å². The molecular formula is C54H68N10O7. The summed E-state index contributed by atoms with van der Waals surface area (Å²) in [7, 11) is 0.